The number of hydrogen-bond acceptors (Lipinski definition) is 2. The normalized spacial score (nSPS) is 10.5. The van der Waals surface area contributed by atoms with E-state index in [9.17, 15) is 9.59 Å². The molecule has 0 bridgehead atoms. The van der Waals surface area contributed by atoms with E-state index in [0.29, 0.717) is 5.69 Å². The first kappa shape index (κ1) is 14.8. The summed E-state index contributed by atoms with van der Waals surface area (Å²) in [5.41, 5.74) is 2.49. The predicted octanol–water partition coefficient (Wildman–Crippen LogP) is 3.49. The van der Waals surface area contributed by atoms with Crippen LogP contribution in [0.15, 0.2) is 59.4 Å². The Morgan fingerprint density at radius 1 is 0.957 bits per heavy atom. The van der Waals surface area contributed by atoms with Crippen LogP contribution in [0.3, 0.4) is 0 Å². The Hall–Kier alpha value is -3.08. The van der Waals surface area contributed by atoms with Gasteiger partial charge in [0.15, 0.2) is 0 Å². The fourth-order valence-corrected chi connectivity index (χ4v) is 2.50. The predicted molar refractivity (Wildman–Crippen MR) is 93.0 cm³/mol. The summed E-state index contributed by atoms with van der Waals surface area (Å²) >= 11 is 0. The maximum atomic E-state index is 12.4. The number of carbonyl (C=O) groups is 1. The van der Waals surface area contributed by atoms with Gasteiger partial charge in [-0.15, -0.1) is 0 Å². The van der Waals surface area contributed by atoms with Gasteiger partial charge >= 0.3 is 6.03 Å². The van der Waals surface area contributed by atoms with E-state index in [0.717, 1.165) is 16.5 Å². The van der Waals surface area contributed by atoms with Crippen molar-refractivity contribution >= 4 is 28.3 Å². The standard InChI is InChI=1S/C18H17N3O2/c1-12-7-3-5-9-14(12)19-18(23)20-15-11-13-8-4-6-10-16(13)21(2)17(15)22/h3-11H,1-2H3,(H2,19,20,23). The van der Waals surface area contributed by atoms with Crippen LogP contribution in [0.25, 0.3) is 10.9 Å². The monoisotopic (exact) mass is 307 g/mol. The molecule has 0 spiro atoms. The van der Waals surface area contributed by atoms with E-state index in [1.165, 1.54) is 4.57 Å². The van der Waals surface area contributed by atoms with Gasteiger partial charge in [0.1, 0.15) is 5.69 Å². The Kier molecular flexibility index (Phi) is 3.85. The quantitative estimate of drug-likeness (QED) is 0.761. The number of carbonyl (C=O) groups excluding carboxylic acids is 1. The summed E-state index contributed by atoms with van der Waals surface area (Å²) in [6, 6.07) is 16.3. The third-order valence-electron chi connectivity index (χ3n) is 3.77. The number of para-hydroxylation sites is 2. The number of hydrogen-bond donors (Lipinski definition) is 2. The highest BCUT2D eigenvalue weighted by molar-refractivity contribution is 6.01. The van der Waals surface area contributed by atoms with Crippen molar-refractivity contribution in [3.63, 3.8) is 0 Å². The number of anilines is 2. The van der Waals surface area contributed by atoms with Crippen molar-refractivity contribution in [1.29, 1.82) is 0 Å². The average molecular weight is 307 g/mol. The van der Waals surface area contributed by atoms with Gasteiger partial charge in [0, 0.05) is 18.1 Å². The average Bonchev–Trinajstić information content (AvgIpc) is 2.54. The molecule has 116 valence electrons. The molecule has 0 saturated heterocycles. The lowest BCUT2D eigenvalue weighted by Crippen LogP contribution is -2.27. The fraction of sp³-hybridized carbons (Fsp3) is 0.111. The highest BCUT2D eigenvalue weighted by Crippen LogP contribution is 2.16. The lowest BCUT2D eigenvalue weighted by Gasteiger charge is -2.11. The van der Waals surface area contributed by atoms with Crippen molar-refractivity contribution in [2.45, 2.75) is 6.92 Å². The summed E-state index contributed by atoms with van der Waals surface area (Å²) in [5, 5.41) is 6.28. The zero-order valence-corrected chi connectivity index (χ0v) is 13.0. The van der Waals surface area contributed by atoms with Crippen molar-refractivity contribution < 1.29 is 4.79 Å². The molecule has 0 atom stereocenters. The van der Waals surface area contributed by atoms with Gasteiger partial charge in [-0.25, -0.2) is 4.79 Å². The molecule has 0 aliphatic rings. The van der Waals surface area contributed by atoms with Crippen molar-refractivity contribution in [1.82, 2.24) is 4.57 Å². The first-order chi connectivity index (χ1) is 11.1. The van der Waals surface area contributed by atoms with E-state index in [4.69, 9.17) is 0 Å². The van der Waals surface area contributed by atoms with Crippen LogP contribution in [0.4, 0.5) is 16.2 Å². The molecule has 2 aromatic carbocycles. The topological polar surface area (TPSA) is 63.1 Å². The van der Waals surface area contributed by atoms with Crippen molar-refractivity contribution in [3.05, 3.63) is 70.5 Å². The molecule has 2 amide bonds. The maximum Gasteiger partial charge on any atom is 0.323 e. The van der Waals surface area contributed by atoms with Crippen molar-refractivity contribution in [3.8, 4) is 0 Å². The molecule has 0 aliphatic heterocycles. The van der Waals surface area contributed by atoms with Crippen LogP contribution in [0.2, 0.25) is 0 Å². The molecule has 0 unspecified atom stereocenters. The maximum absolute atomic E-state index is 12.4. The molecule has 23 heavy (non-hydrogen) atoms. The Morgan fingerprint density at radius 3 is 2.39 bits per heavy atom. The Bertz CT molecular complexity index is 944. The molecule has 0 aliphatic carbocycles. The largest absolute Gasteiger partial charge is 0.323 e. The van der Waals surface area contributed by atoms with Gasteiger partial charge in [-0.3, -0.25) is 4.79 Å². The SMILES string of the molecule is Cc1ccccc1NC(=O)Nc1cc2ccccc2n(C)c1=O. The van der Waals surface area contributed by atoms with E-state index < -0.39 is 6.03 Å². The van der Waals surface area contributed by atoms with E-state index in [1.807, 2.05) is 55.5 Å². The summed E-state index contributed by atoms with van der Waals surface area (Å²) in [5.74, 6) is 0. The van der Waals surface area contributed by atoms with Gasteiger partial charge in [0.2, 0.25) is 0 Å². The zero-order valence-electron chi connectivity index (χ0n) is 13.0. The molecule has 0 radical (unpaired) electrons. The molecular formula is C18H17N3O2. The third-order valence-corrected chi connectivity index (χ3v) is 3.77. The number of amides is 2. The number of pyridine rings is 1. The molecule has 1 heterocycles. The smallest absolute Gasteiger partial charge is 0.310 e. The Morgan fingerprint density at radius 2 is 1.61 bits per heavy atom. The second-order valence-electron chi connectivity index (χ2n) is 5.38. The lowest BCUT2D eigenvalue weighted by molar-refractivity contribution is 0.262. The number of nitrogens with zero attached hydrogens (tertiary/aromatic N) is 1. The second kappa shape index (κ2) is 5.96. The van der Waals surface area contributed by atoms with Crippen molar-refractivity contribution in [2.24, 2.45) is 7.05 Å². The van der Waals surface area contributed by atoms with Crippen LogP contribution in [-0.2, 0) is 7.05 Å². The number of aromatic nitrogens is 1. The first-order valence-corrected chi connectivity index (χ1v) is 7.28. The number of rotatable bonds is 2. The minimum absolute atomic E-state index is 0.247. The van der Waals surface area contributed by atoms with E-state index in [2.05, 4.69) is 10.6 Å². The number of nitrogens with one attached hydrogen (secondary N) is 2. The summed E-state index contributed by atoms with van der Waals surface area (Å²) < 4.78 is 1.53. The fourth-order valence-electron chi connectivity index (χ4n) is 2.50. The number of fused-ring (bicyclic) bond motifs is 1. The molecule has 2 N–H and O–H groups in total. The van der Waals surface area contributed by atoms with Crippen LogP contribution in [0.1, 0.15) is 5.56 Å². The lowest BCUT2D eigenvalue weighted by atomic mass is 10.2. The van der Waals surface area contributed by atoms with Gasteiger partial charge in [0.05, 0.1) is 5.52 Å². The van der Waals surface area contributed by atoms with E-state index in [-0.39, 0.29) is 11.2 Å². The van der Waals surface area contributed by atoms with Crippen molar-refractivity contribution in [2.75, 3.05) is 10.6 Å². The highest BCUT2D eigenvalue weighted by atomic mass is 16.2. The van der Waals surface area contributed by atoms with E-state index >= 15 is 0 Å². The summed E-state index contributed by atoms with van der Waals surface area (Å²) in [7, 11) is 1.69. The van der Waals surface area contributed by atoms with Crippen LogP contribution in [0, 0.1) is 6.92 Å². The van der Waals surface area contributed by atoms with Crippen LogP contribution >= 0.6 is 0 Å². The van der Waals surface area contributed by atoms with Gasteiger partial charge in [0.25, 0.3) is 5.56 Å². The highest BCUT2D eigenvalue weighted by Gasteiger charge is 2.10. The van der Waals surface area contributed by atoms with Crippen LogP contribution < -0.4 is 16.2 Å². The van der Waals surface area contributed by atoms with Gasteiger partial charge in [-0.1, -0.05) is 36.4 Å². The molecule has 3 aromatic rings. The molecule has 0 saturated carbocycles. The number of aryl methyl sites for hydroxylation is 2. The second-order valence-corrected chi connectivity index (χ2v) is 5.38. The minimum atomic E-state index is -0.438. The molecule has 0 fully saturated rings. The van der Waals surface area contributed by atoms with E-state index in [1.54, 1.807) is 13.1 Å². The van der Waals surface area contributed by atoms with Gasteiger partial charge in [-0.05, 0) is 30.7 Å². The number of benzene rings is 2. The molecule has 1 aromatic heterocycles. The summed E-state index contributed by atoms with van der Waals surface area (Å²) in [6.07, 6.45) is 0. The molecule has 3 rings (SSSR count). The summed E-state index contributed by atoms with van der Waals surface area (Å²) in [4.78, 5) is 24.5. The molecule has 5 nitrogen and oxygen atoms in total. The Balaban J connectivity index is 1.90. The number of urea groups is 1. The van der Waals surface area contributed by atoms with Crippen LogP contribution in [-0.4, -0.2) is 10.6 Å². The molecular weight excluding hydrogens is 290 g/mol. The zero-order chi connectivity index (χ0) is 16.4. The Labute approximate surface area is 133 Å². The first-order valence-electron chi connectivity index (χ1n) is 7.28. The van der Waals surface area contributed by atoms with Gasteiger partial charge in [-0.2, -0.15) is 0 Å². The minimum Gasteiger partial charge on any atom is -0.310 e. The molecule has 5 heteroatoms. The third kappa shape index (κ3) is 2.94. The van der Waals surface area contributed by atoms with Crippen LogP contribution in [0.5, 0.6) is 0 Å². The summed E-state index contributed by atoms with van der Waals surface area (Å²) in [6.45, 7) is 1.91. The van der Waals surface area contributed by atoms with Gasteiger partial charge < -0.3 is 15.2 Å².